The lowest BCUT2D eigenvalue weighted by atomic mass is 9.95. The van der Waals surface area contributed by atoms with Crippen LogP contribution < -0.4 is 10.9 Å². The van der Waals surface area contributed by atoms with E-state index in [-0.39, 0.29) is 18.7 Å². The van der Waals surface area contributed by atoms with Crippen LogP contribution in [-0.2, 0) is 34.5 Å². The highest BCUT2D eigenvalue weighted by atomic mass is 32.1. The van der Waals surface area contributed by atoms with Crippen LogP contribution in [-0.4, -0.2) is 38.0 Å². The van der Waals surface area contributed by atoms with Crippen molar-refractivity contribution in [3.8, 4) is 0 Å². The number of nitrogens with one attached hydrogen (secondary N) is 1. The van der Waals surface area contributed by atoms with Crippen LogP contribution in [0.2, 0.25) is 0 Å². The molecule has 1 aliphatic rings. The standard InChI is InChI=1S/C23H29N5O4S/c1-6-32-22(31)18-14-9-7-8-10-16(14)33-20(18)25-17(29)12-27-21(30)19-15(13(2)26-27)11-24-28(19)23(3,4)5/h11H,6-10,12H2,1-5H3,(H,25,29). The predicted molar refractivity (Wildman–Crippen MR) is 127 cm³/mol. The maximum Gasteiger partial charge on any atom is 0.341 e. The molecular weight excluding hydrogens is 442 g/mol. The molecule has 176 valence electrons. The molecule has 3 aromatic heterocycles. The topological polar surface area (TPSA) is 108 Å². The minimum Gasteiger partial charge on any atom is -0.462 e. The summed E-state index contributed by atoms with van der Waals surface area (Å²) in [6.07, 6.45) is 5.38. The van der Waals surface area contributed by atoms with Gasteiger partial charge in [-0.15, -0.1) is 11.3 Å². The van der Waals surface area contributed by atoms with Crippen molar-refractivity contribution >= 4 is 39.1 Å². The summed E-state index contributed by atoms with van der Waals surface area (Å²) in [7, 11) is 0. The lowest BCUT2D eigenvalue weighted by molar-refractivity contribution is -0.116. The Hall–Kier alpha value is -3.01. The van der Waals surface area contributed by atoms with Crippen molar-refractivity contribution in [1.82, 2.24) is 19.6 Å². The maximum absolute atomic E-state index is 13.2. The summed E-state index contributed by atoms with van der Waals surface area (Å²) in [6.45, 7) is 9.42. The Balaban J connectivity index is 1.67. The van der Waals surface area contributed by atoms with Gasteiger partial charge >= 0.3 is 5.97 Å². The largest absolute Gasteiger partial charge is 0.462 e. The fourth-order valence-corrected chi connectivity index (χ4v) is 5.51. The molecule has 3 aromatic rings. The van der Waals surface area contributed by atoms with Gasteiger partial charge in [0.25, 0.3) is 5.56 Å². The molecule has 0 bridgehead atoms. The second-order valence-electron chi connectivity index (χ2n) is 9.22. The zero-order chi connectivity index (χ0) is 23.9. The lowest BCUT2D eigenvalue weighted by Crippen LogP contribution is -2.33. The van der Waals surface area contributed by atoms with Crippen molar-refractivity contribution in [3.63, 3.8) is 0 Å². The summed E-state index contributed by atoms with van der Waals surface area (Å²) in [4.78, 5) is 39.9. The Morgan fingerprint density at radius 1 is 1.24 bits per heavy atom. The third kappa shape index (κ3) is 4.31. The molecule has 1 N–H and O–H groups in total. The number of fused-ring (bicyclic) bond motifs is 2. The monoisotopic (exact) mass is 471 g/mol. The molecule has 0 unspecified atom stereocenters. The number of aryl methyl sites for hydroxylation is 2. The fourth-order valence-electron chi connectivity index (χ4n) is 4.21. The van der Waals surface area contributed by atoms with Crippen molar-refractivity contribution in [2.45, 2.75) is 72.4 Å². The van der Waals surface area contributed by atoms with E-state index < -0.39 is 17.4 Å². The fraction of sp³-hybridized carbons (Fsp3) is 0.522. The van der Waals surface area contributed by atoms with E-state index >= 15 is 0 Å². The molecule has 4 rings (SSSR count). The highest BCUT2D eigenvalue weighted by Crippen LogP contribution is 2.38. The van der Waals surface area contributed by atoms with Crippen molar-refractivity contribution in [2.24, 2.45) is 0 Å². The molecule has 10 heteroatoms. The Bertz CT molecular complexity index is 1290. The molecule has 0 aliphatic heterocycles. The van der Waals surface area contributed by atoms with E-state index in [9.17, 15) is 14.4 Å². The summed E-state index contributed by atoms with van der Waals surface area (Å²) in [5.74, 6) is -0.844. The number of hydrogen-bond donors (Lipinski definition) is 1. The highest BCUT2D eigenvalue weighted by molar-refractivity contribution is 7.17. The van der Waals surface area contributed by atoms with Crippen LogP contribution >= 0.6 is 11.3 Å². The van der Waals surface area contributed by atoms with E-state index in [1.807, 2.05) is 20.8 Å². The van der Waals surface area contributed by atoms with Crippen LogP contribution in [0.25, 0.3) is 10.9 Å². The first-order valence-electron chi connectivity index (χ1n) is 11.2. The molecule has 1 amide bonds. The number of thiophene rings is 1. The first-order valence-corrected chi connectivity index (χ1v) is 12.0. The van der Waals surface area contributed by atoms with Crippen LogP contribution in [0.5, 0.6) is 0 Å². The number of anilines is 1. The van der Waals surface area contributed by atoms with E-state index in [0.29, 0.717) is 27.2 Å². The van der Waals surface area contributed by atoms with Gasteiger partial charge in [0.15, 0.2) is 0 Å². The molecule has 1 aliphatic carbocycles. The van der Waals surface area contributed by atoms with Gasteiger partial charge in [0.2, 0.25) is 5.91 Å². The smallest absolute Gasteiger partial charge is 0.341 e. The van der Waals surface area contributed by atoms with Gasteiger partial charge < -0.3 is 10.1 Å². The van der Waals surface area contributed by atoms with Crippen LogP contribution in [0.4, 0.5) is 5.00 Å². The number of aromatic nitrogens is 4. The predicted octanol–water partition coefficient (Wildman–Crippen LogP) is 3.41. The molecule has 0 spiro atoms. The summed E-state index contributed by atoms with van der Waals surface area (Å²) in [6, 6.07) is 0. The first kappa shape index (κ1) is 23.2. The zero-order valence-corrected chi connectivity index (χ0v) is 20.5. The van der Waals surface area contributed by atoms with Gasteiger partial charge in [0.05, 0.1) is 29.6 Å². The third-order valence-electron chi connectivity index (χ3n) is 5.70. The quantitative estimate of drug-likeness (QED) is 0.571. The summed E-state index contributed by atoms with van der Waals surface area (Å²) in [5, 5.41) is 12.7. The van der Waals surface area contributed by atoms with Gasteiger partial charge in [-0.25, -0.2) is 9.48 Å². The number of carbonyl (C=O) groups excluding carboxylic acids is 2. The van der Waals surface area contributed by atoms with Gasteiger partial charge in [0.1, 0.15) is 17.1 Å². The minimum atomic E-state index is -0.422. The number of nitrogens with zero attached hydrogens (tertiary/aromatic N) is 4. The zero-order valence-electron chi connectivity index (χ0n) is 19.7. The normalized spacial score (nSPS) is 13.7. The highest BCUT2D eigenvalue weighted by Gasteiger charge is 2.28. The van der Waals surface area contributed by atoms with Gasteiger partial charge in [0, 0.05) is 10.3 Å². The molecule has 0 saturated carbocycles. The van der Waals surface area contributed by atoms with E-state index in [1.54, 1.807) is 24.7 Å². The number of amides is 1. The van der Waals surface area contributed by atoms with E-state index in [4.69, 9.17) is 4.74 Å². The van der Waals surface area contributed by atoms with Crippen molar-refractivity contribution < 1.29 is 14.3 Å². The van der Waals surface area contributed by atoms with Gasteiger partial charge in [-0.3, -0.25) is 14.3 Å². The average molecular weight is 472 g/mol. The second kappa shape index (κ2) is 8.74. The molecule has 0 atom stereocenters. The number of esters is 1. The van der Waals surface area contributed by atoms with Gasteiger partial charge in [-0.2, -0.15) is 10.2 Å². The Morgan fingerprint density at radius 3 is 2.67 bits per heavy atom. The van der Waals surface area contributed by atoms with Gasteiger partial charge in [-0.05, 0) is 65.9 Å². The van der Waals surface area contributed by atoms with Crippen LogP contribution in [0.15, 0.2) is 11.0 Å². The maximum atomic E-state index is 13.2. The van der Waals surface area contributed by atoms with Crippen LogP contribution in [0.3, 0.4) is 0 Å². The third-order valence-corrected chi connectivity index (χ3v) is 6.91. The summed E-state index contributed by atoms with van der Waals surface area (Å²) >= 11 is 1.42. The average Bonchev–Trinajstić information content (AvgIpc) is 3.34. The van der Waals surface area contributed by atoms with Crippen molar-refractivity contribution in [3.05, 3.63) is 38.2 Å². The van der Waals surface area contributed by atoms with E-state index in [1.165, 1.54) is 11.3 Å². The molecule has 33 heavy (non-hydrogen) atoms. The molecule has 3 heterocycles. The molecule has 0 radical (unpaired) electrons. The SMILES string of the molecule is CCOC(=O)c1c(NC(=O)Cn2nc(C)c3cnn(C(C)(C)C)c3c2=O)sc2c1CCCC2. The van der Waals surface area contributed by atoms with Crippen LogP contribution in [0, 0.1) is 6.92 Å². The summed E-state index contributed by atoms with van der Waals surface area (Å²) in [5.41, 5.74) is 1.67. The van der Waals surface area contributed by atoms with Crippen molar-refractivity contribution in [1.29, 1.82) is 0 Å². The van der Waals surface area contributed by atoms with E-state index in [0.717, 1.165) is 40.8 Å². The molecule has 9 nitrogen and oxygen atoms in total. The minimum absolute atomic E-state index is 0.261. The van der Waals surface area contributed by atoms with Gasteiger partial charge in [-0.1, -0.05) is 0 Å². The number of hydrogen-bond acceptors (Lipinski definition) is 7. The molecule has 0 aromatic carbocycles. The summed E-state index contributed by atoms with van der Waals surface area (Å²) < 4.78 is 8.08. The number of carbonyl (C=O) groups is 2. The van der Waals surface area contributed by atoms with Crippen LogP contribution in [0.1, 0.15) is 67.0 Å². The second-order valence-corrected chi connectivity index (χ2v) is 10.3. The molecule has 0 saturated heterocycles. The van der Waals surface area contributed by atoms with Crippen molar-refractivity contribution in [2.75, 3.05) is 11.9 Å². The molecular formula is C23H29N5O4S. The molecule has 0 fully saturated rings. The first-order chi connectivity index (χ1) is 15.6. The number of rotatable bonds is 5. The van der Waals surface area contributed by atoms with E-state index in [2.05, 4.69) is 15.5 Å². The number of ether oxygens (including phenoxy) is 1. The Morgan fingerprint density at radius 2 is 1.97 bits per heavy atom. The Kier molecular flexibility index (Phi) is 6.13. The lowest BCUT2D eigenvalue weighted by Gasteiger charge is -2.20. The Labute approximate surface area is 195 Å².